The lowest BCUT2D eigenvalue weighted by Gasteiger charge is -2.40. The van der Waals surface area contributed by atoms with E-state index in [1.807, 2.05) is 0 Å². The fraction of sp³-hybridized carbons (Fsp3) is 0.419. The van der Waals surface area contributed by atoms with Crippen LogP contribution in [-0.4, -0.2) is 23.2 Å². The molecule has 0 N–H and O–H groups in total. The molecule has 1 saturated heterocycles. The topological polar surface area (TPSA) is 21.7 Å². The Bertz CT molecular complexity index is 1080. The number of benzene rings is 3. The van der Waals surface area contributed by atoms with E-state index in [9.17, 15) is 0 Å². The smallest absolute Gasteiger partial charge is 0.403 e. The Labute approximate surface area is 211 Å². The Balaban J connectivity index is 1.60. The Kier molecular flexibility index (Phi) is 6.42. The van der Waals surface area contributed by atoms with Crippen LogP contribution in [0, 0.1) is 6.92 Å². The van der Waals surface area contributed by atoms with Gasteiger partial charge in [-0.05, 0) is 69.7 Å². The van der Waals surface area contributed by atoms with Crippen LogP contribution in [0.25, 0.3) is 0 Å². The van der Waals surface area contributed by atoms with Gasteiger partial charge in [0, 0.05) is 24.4 Å². The summed E-state index contributed by atoms with van der Waals surface area (Å²) in [6.45, 7) is 12.6. The highest BCUT2D eigenvalue weighted by Crippen LogP contribution is 2.69. The van der Waals surface area contributed by atoms with E-state index in [-0.39, 0.29) is 29.7 Å². The van der Waals surface area contributed by atoms with Gasteiger partial charge in [-0.25, -0.2) is 0 Å². The summed E-state index contributed by atoms with van der Waals surface area (Å²) in [4.78, 5) is 2.66. The van der Waals surface area contributed by atoms with Gasteiger partial charge in [-0.15, -0.1) is 0 Å². The Morgan fingerprint density at radius 2 is 1.17 bits per heavy atom. The van der Waals surface area contributed by atoms with Crippen molar-refractivity contribution in [2.75, 3.05) is 0 Å². The van der Waals surface area contributed by atoms with Crippen LogP contribution in [0.3, 0.4) is 0 Å². The molecule has 0 aromatic heterocycles. The van der Waals surface area contributed by atoms with Crippen LogP contribution in [0.4, 0.5) is 0 Å². The normalized spacial score (nSPS) is 20.7. The number of aryl methyl sites for hydroxylation is 1. The zero-order valence-electron chi connectivity index (χ0n) is 21.8. The monoisotopic (exact) mass is 467 g/mol. The van der Waals surface area contributed by atoms with Gasteiger partial charge in [-0.2, -0.15) is 0 Å². The molecule has 1 aliphatic carbocycles. The average molecular weight is 467 g/mol. The molecule has 3 aromatic rings. The lowest BCUT2D eigenvalue weighted by Crippen LogP contribution is -2.41. The summed E-state index contributed by atoms with van der Waals surface area (Å²) < 4.78 is 13.5. The van der Waals surface area contributed by atoms with E-state index in [0.29, 0.717) is 0 Å². The van der Waals surface area contributed by atoms with E-state index >= 15 is 0 Å². The lowest BCUT2D eigenvalue weighted by molar-refractivity contribution is 0.00578. The average Bonchev–Trinajstić information content (AvgIpc) is 3.58. The third-order valence-corrected chi connectivity index (χ3v) is 8.40. The van der Waals surface area contributed by atoms with E-state index in [1.165, 1.54) is 22.3 Å². The zero-order valence-corrected chi connectivity index (χ0v) is 21.8. The van der Waals surface area contributed by atoms with Crippen LogP contribution in [0.5, 0.6) is 0 Å². The summed E-state index contributed by atoms with van der Waals surface area (Å²) in [5.41, 5.74) is 4.68. The highest BCUT2D eigenvalue weighted by molar-refractivity contribution is 6.51. The molecule has 182 valence electrons. The Morgan fingerprint density at radius 1 is 0.714 bits per heavy atom. The molecular formula is C31H38BNO2. The zero-order chi connectivity index (χ0) is 24.7. The SMILES string of the molecule is Cc1ccccc1C(N(Cc1ccccc1)Cc1ccccc1)C1(B2OC(C)(C)C(C)(C)O2)CC1. The molecule has 1 atom stereocenters. The maximum atomic E-state index is 6.74. The third-order valence-electron chi connectivity index (χ3n) is 8.40. The van der Waals surface area contributed by atoms with E-state index in [4.69, 9.17) is 9.31 Å². The van der Waals surface area contributed by atoms with Gasteiger partial charge in [0.1, 0.15) is 0 Å². The van der Waals surface area contributed by atoms with Crippen molar-refractivity contribution < 1.29 is 9.31 Å². The van der Waals surface area contributed by atoms with Crippen molar-refractivity contribution in [2.45, 2.75) is 83.1 Å². The Hall–Kier alpha value is -2.40. The van der Waals surface area contributed by atoms with Crippen molar-refractivity contribution in [3.8, 4) is 0 Å². The minimum absolute atomic E-state index is 0.0826. The maximum absolute atomic E-state index is 6.74. The highest BCUT2D eigenvalue weighted by Gasteiger charge is 2.68. The quantitative estimate of drug-likeness (QED) is 0.323. The summed E-state index contributed by atoms with van der Waals surface area (Å²) in [6, 6.07) is 30.7. The van der Waals surface area contributed by atoms with Gasteiger partial charge >= 0.3 is 7.12 Å². The summed E-state index contributed by atoms with van der Waals surface area (Å²) in [7, 11) is -0.230. The fourth-order valence-corrected chi connectivity index (χ4v) is 5.50. The molecule has 1 unspecified atom stereocenters. The van der Waals surface area contributed by atoms with Gasteiger partial charge in [0.05, 0.1) is 11.2 Å². The first-order valence-electron chi connectivity index (χ1n) is 12.9. The van der Waals surface area contributed by atoms with Gasteiger partial charge in [-0.3, -0.25) is 4.90 Å². The molecule has 1 heterocycles. The summed E-state index contributed by atoms with van der Waals surface area (Å²) in [5.74, 6) is 0. The predicted octanol–water partition coefficient (Wildman–Crippen LogP) is 7.36. The highest BCUT2D eigenvalue weighted by atomic mass is 16.7. The first-order chi connectivity index (χ1) is 16.7. The Morgan fingerprint density at radius 3 is 1.63 bits per heavy atom. The molecule has 0 amide bonds. The second-order valence-electron chi connectivity index (χ2n) is 11.5. The minimum atomic E-state index is -0.340. The molecule has 0 bridgehead atoms. The van der Waals surface area contributed by atoms with Gasteiger partial charge in [0.25, 0.3) is 0 Å². The first kappa shape index (κ1) is 24.3. The summed E-state index contributed by atoms with van der Waals surface area (Å²) in [5, 5.41) is -0.0826. The van der Waals surface area contributed by atoms with Crippen LogP contribution in [0.15, 0.2) is 84.9 Å². The fourth-order valence-electron chi connectivity index (χ4n) is 5.50. The first-order valence-corrected chi connectivity index (χ1v) is 12.9. The maximum Gasteiger partial charge on any atom is 0.466 e. The van der Waals surface area contributed by atoms with Gasteiger partial charge in [0.15, 0.2) is 0 Å². The van der Waals surface area contributed by atoms with Crippen LogP contribution < -0.4 is 0 Å². The summed E-state index contributed by atoms with van der Waals surface area (Å²) >= 11 is 0. The molecule has 2 fully saturated rings. The molecule has 3 nitrogen and oxygen atoms in total. The van der Waals surface area contributed by atoms with Crippen molar-refractivity contribution >= 4 is 7.12 Å². The van der Waals surface area contributed by atoms with Crippen LogP contribution in [-0.2, 0) is 22.4 Å². The molecule has 0 spiro atoms. The van der Waals surface area contributed by atoms with Crippen LogP contribution in [0.2, 0.25) is 5.31 Å². The van der Waals surface area contributed by atoms with Crippen molar-refractivity contribution in [1.29, 1.82) is 0 Å². The summed E-state index contributed by atoms with van der Waals surface area (Å²) in [6.07, 6.45) is 2.20. The number of rotatable bonds is 8. The van der Waals surface area contributed by atoms with Gasteiger partial charge in [0.2, 0.25) is 0 Å². The second kappa shape index (κ2) is 9.24. The van der Waals surface area contributed by atoms with Crippen molar-refractivity contribution in [3.63, 3.8) is 0 Å². The van der Waals surface area contributed by atoms with Crippen molar-refractivity contribution in [3.05, 3.63) is 107 Å². The van der Waals surface area contributed by atoms with Gasteiger partial charge < -0.3 is 9.31 Å². The third kappa shape index (κ3) is 4.72. The number of hydrogen-bond acceptors (Lipinski definition) is 3. The van der Waals surface area contributed by atoms with E-state index in [1.54, 1.807) is 0 Å². The number of nitrogens with zero attached hydrogens (tertiary/aromatic N) is 1. The molecule has 4 heteroatoms. The van der Waals surface area contributed by atoms with Crippen molar-refractivity contribution in [2.24, 2.45) is 0 Å². The van der Waals surface area contributed by atoms with E-state index < -0.39 is 0 Å². The minimum Gasteiger partial charge on any atom is -0.403 e. The molecule has 1 aliphatic heterocycles. The standard InChI is InChI=1S/C31H38BNO2/c1-24-14-12-13-19-27(24)28(31(20-21-31)32-34-29(2,3)30(4,5)35-32)33(22-25-15-8-6-9-16-25)23-26-17-10-7-11-18-26/h6-19,28H,20-23H2,1-5H3. The molecule has 3 aromatic carbocycles. The van der Waals surface area contributed by atoms with Crippen LogP contribution in [0.1, 0.15) is 68.8 Å². The largest absolute Gasteiger partial charge is 0.466 e. The molecular weight excluding hydrogens is 429 g/mol. The molecule has 1 saturated carbocycles. The van der Waals surface area contributed by atoms with Crippen molar-refractivity contribution in [1.82, 2.24) is 4.90 Å². The number of hydrogen-bond donors (Lipinski definition) is 0. The van der Waals surface area contributed by atoms with Crippen LogP contribution >= 0.6 is 0 Å². The second-order valence-corrected chi connectivity index (χ2v) is 11.5. The van der Waals surface area contributed by atoms with E-state index in [0.717, 1.165) is 25.9 Å². The molecule has 0 radical (unpaired) electrons. The van der Waals surface area contributed by atoms with Gasteiger partial charge in [-0.1, -0.05) is 84.9 Å². The molecule has 35 heavy (non-hydrogen) atoms. The predicted molar refractivity (Wildman–Crippen MR) is 144 cm³/mol. The van der Waals surface area contributed by atoms with E-state index in [2.05, 4.69) is 124 Å². The molecule has 5 rings (SSSR count). The molecule has 2 aliphatic rings. The lowest BCUT2D eigenvalue weighted by atomic mass is 9.61.